The second kappa shape index (κ2) is 5.17. The van der Waals surface area contributed by atoms with Gasteiger partial charge in [-0.15, -0.1) is 0 Å². The van der Waals surface area contributed by atoms with Gasteiger partial charge in [-0.25, -0.2) is 0 Å². The molecular formula is C13H19ClN2. The summed E-state index contributed by atoms with van der Waals surface area (Å²) in [5.74, 6) is 0. The molecule has 0 aromatic heterocycles. The molecule has 2 atom stereocenters. The van der Waals surface area contributed by atoms with Crippen molar-refractivity contribution in [3.8, 4) is 0 Å². The van der Waals surface area contributed by atoms with Crippen molar-refractivity contribution in [1.82, 2.24) is 10.2 Å². The predicted molar refractivity (Wildman–Crippen MR) is 69.0 cm³/mol. The Morgan fingerprint density at radius 3 is 2.69 bits per heavy atom. The maximum absolute atomic E-state index is 5.87. The average Bonchev–Trinajstić information content (AvgIpc) is 2.27. The van der Waals surface area contributed by atoms with Gasteiger partial charge in [0.25, 0.3) is 0 Å². The quantitative estimate of drug-likeness (QED) is 0.850. The maximum atomic E-state index is 5.87. The first-order valence-electron chi connectivity index (χ1n) is 5.83. The minimum absolute atomic E-state index is 0.558. The highest BCUT2D eigenvalue weighted by molar-refractivity contribution is 6.30. The summed E-state index contributed by atoms with van der Waals surface area (Å²) in [6.45, 7) is 4.45. The third-order valence-corrected chi connectivity index (χ3v) is 3.61. The van der Waals surface area contributed by atoms with E-state index in [0.29, 0.717) is 12.1 Å². The molecule has 1 unspecified atom stereocenters. The van der Waals surface area contributed by atoms with E-state index in [2.05, 4.69) is 36.3 Å². The second-order valence-corrected chi connectivity index (χ2v) is 5.16. The number of likely N-dealkylation sites (N-methyl/N-ethyl adjacent to an activating group) is 1. The van der Waals surface area contributed by atoms with Crippen molar-refractivity contribution in [2.75, 3.05) is 20.1 Å². The van der Waals surface area contributed by atoms with Crippen LogP contribution < -0.4 is 5.32 Å². The highest BCUT2D eigenvalue weighted by Crippen LogP contribution is 2.13. The van der Waals surface area contributed by atoms with Crippen molar-refractivity contribution in [3.05, 3.63) is 34.9 Å². The van der Waals surface area contributed by atoms with Crippen molar-refractivity contribution in [2.24, 2.45) is 0 Å². The zero-order valence-corrected chi connectivity index (χ0v) is 10.7. The first-order chi connectivity index (χ1) is 7.65. The second-order valence-electron chi connectivity index (χ2n) is 4.72. The molecule has 0 amide bonds. The van der Waals surface area contributed by atoms with E-state index < -0.39 is 0 Å². The normalized spacial score (nSPS) is 26.9. The Balaban J connectivity index is 1.93. The summed E-state index contributed by atoms with van der Waals surface area (Å²) in [6.07, 6.45) is 1.08. The fourth-order valence-corrected chi connectivity index (χ4v) is 2.25. The van der Waals surface area contributed by atoms with Crippen molar-refractivity contribution in [2.45, 2.75) is 25.4 Å². The van der Waals surface area contributed by atoms with Crippen LogP contribution in [0.25, 0.3) is 0 Å². The molecule has 1 aromatic carbocycles. The molecule has 2 rings (SSSR count). The van der Waals surface area contributed by atoms with E-state index in [0.717, 1.165) is 24.5 Å². The third kappa shape index (κ3) is 2.97. The van der Waals surface area contributed by atoms with Crippen LogP contribution in [0.5, 0.6) is 0 Å². The first kappa shape index (κ1) is 11.9. The zero-order chi connectivity index (χ0) is 11.5. The van der Waals surface area contributed by atoms with E-state index in [4.69, 9.17) is 11.6 Å². The van der Waals surface area contributed by atoms with Crippen LogP contribution >= 0.6 is 11.6 Å². The lowest BCUT2D eigenvalue weighted by Crippen LogP contribution is -2.54. The zero-order valence-electron chi connectivity index (χ0n) is 9.91. The fourth-order valence-electron chi connectivity index (χ4n) is 2.13. The van der Waals surface area contributed by atoms with E-state index in [9.17, 15) is 0 Å². The molecule has 16 heavy (non-hydrogen) atoms. The van der Waals surface area contributed by atoms with Crippen molar-refractivity contribution < 1.29 is 0 Å². The van der Waals surface area contributed by atoms with Crippen LogP contribution in [-0.2, 0) is 6.42 Å². The number of halogens is 1. The number of nitrogens with zero attached hydrogens (tertiary/aromatic N) is 1. The van der Waals surface area contributed by atoms with E-state index in [-0.39, 0.29) is 0 Å². The number of benzene rings is 1. The topological polar surface area (TPSA) is 15.3 Å². The van der Waals surface area contributed by atoms with Crippen LogP contribution in [0, 0.1) is 0 Å². The monoisotopic (exact) mass is 238 g/mol. The molecule has 2 nitrogen and oxygen atoms in total. The van der Waals surface area contributed by atoms with Gasteiger partial charge in [-0.2, -0.15) is 0 Å². The Hall–Kier alpha value is -0.570. The van der Waals surface area contributed by atoms with Gasteiger partial charge in [0.05, 0.1) is 0 Å². The third-order valence-electron chi connectivity index (χ3n) is 3.36. The van der Waals surface area contributed by atoms with Gasteiger partial charge >= 0.3 is 0 Å². The van der Waals surface area contributed by atoms with Gasteiger partial charge in [0, 0.05) is 30.2 Å². The lowest BCUT2D eigenvalue weighted by molar-refractivity contribution is 0.175. The van der Waals surface area contributed by atoms with Gasteiger partial charge in [0.1, 0.15) is 0 Å². The number of piperazine rings is 1. The average molecular weight is 239 g/mol. The minimum Gasteiger partial charge on any atom is -0.311 e. The van der Waals surface area contributed by atoms with Crippen molar-refractivity contribution >= 4 is 11.6 Å². The molecule has 1 fully saturated rings. The van der Waals surface area contributed by atoms with Gasteiger partial charge in [-0.3, -0.25) is 0 Å². The Morgan fingerprint density at radius 1 is 1.38 bits per heavy atom. The van der Waals surface area contributed by atoms with E-state index in [1.54, 1.807) is 0 Å². The molecule has 88 valence electrons. The molecule has 0 saturated carbocycles. The molecule has 1 aliphatic heterocycles. The molecule has 3 heteroatoms. The van der Waals surface area contributed by atoms with Crippen LogP contribution in [0.1, 0.15) is 12.5 Å². The summed E-state index contributed by atoms with van der Waals surface area (Å²) in [6, 6.07) is 9.35. The number of hydrogen-bond donors (Lipinski definition) is 1. The predicted octanol–water partition coefficient (Wildman–Crippen LogP) is 2.17. The first-order valence-corrected chi connectivity index (χ1v) is 6.21. The summed E-state index contributed by atoms with van der Waals surface area (Å²) < 4.78 is 0. The molecule has 0 aliphatic carbocycles. The maximum Gasteiger partial charge on any atom is 0.0406 e. The molecule has 0 spiro atoms. The number of nitrogens with one attached hydrogen (secondary N) is 1. The standard InChI is InChI=1S/C13H19ClN2/c1-10-8-15-13(9-16(10)2)7-11-3-5-12(14)6-4-11/h3-6,10,13,15H,7-9H2,1-2H3/t10-,13?/m0/s1. The number of rotatable bonds is 2. The summed E-state index contributed by atoms with van der Waals surface area (Å²) in [7, 11) is 2.19. The molecule has 0 bridgehead atoms. The molecule has 1 N–H and O–H groups in total. The summed E-state index contributed by atoms with van der Waals surface area (Å²) in [4.78, 5) is 2.41. The molecule has 0 radical (unpaired) electrons. The molecule has 1 heterocycles. The fraction of sp³-hybridized carbons (Fsp3) is 0.538. The molecule has 1 saturated heterocycles. The van der Waals surface area contributed by atoms with Crippen LogP contribution in [0.3, 0.4) is 0 Å². The molecular weight excluding hydrogens is 220 g/mol. The van der Waals surface area contributed by atoms with Gasteiger partial charge < -0.3 is 10.2 Å². The minimum atomic E-state index is 0.558. The Kier molecular flexibility index (Phi) is 3.85. The highest BCUT2D eigenvalue weighted by Gasteiger charge is 2.21. The van der Waals surface area contributed by atoms with Gasteiger partial charge in [-0.1, -0.05) is 23.7 Å². The van der Waals surface area contributed by atoms with Crippen LogP contribution in [-0.4, -0.2) is 37.1 Å². The van der Waals surface area contributed by atoms with Gasteiger partial charge in [0.15, 0.2) is 0 Å². The highest BCUT2D eigenvalue weighted by atomic mass is 35.5. The SMILES string of the molecule is C[C@H]1CNC(Cc2ccc(Cl)cc2)CN1C. The van der Waals surface area contributed by atoms with Gasteiger partial charge in [-0.05, 0) is 38.1 Å². The lowest BCUT2D eigenvalue weighted by Gasteiger charge is -2.36. The summed E-state index contributed by atoms with van der Waals surface area (Å²) in [5.41, 5.74) is 1.35. The Bertz CT molecular complexity index is 336. The van der Waals surface area contributed by atoms with Crippen molar-refractivity contribution in [3.63, 3.8) is 0 Å². The van der Waals surface area contributed by atoms with Crippen LogP contribution in [0.15, 0.2) is 24.3 Å². The van der Waals surface area contributed by atoms with E-state index >= 15 is 0 Å². The number of hydrogen-bond acceptors (Lipinski definition) is 2. The van der Waals surface area contributed by atoms with Crippen LogP contribution in [0.4, 0.5) is 0 Å². The summed E-state index contributed by atoms with van der Waals surface area (Å²) in [5, 5.41) is 4.40. The largest absolute Gasteiger partial charge is 0.311 e. The van der Waals surface area contributed by atoms with E-state index in [1.807, 2.05) is 12.1 Å². The Labute approximate surface area is 103 Å². The smallest absolute Gasteiger partial charge is 0.0406 e. The van der Waals surface area contributed by atoms with Gasteiger partial charge in [0.2, 0.25) is 0 Å². The molecule has 1 aliphatic rings. The lowest BCUT2D eigenvalue weighted by atomic mass is 10.0. The van der Waals surface area contributed by atoms with Crippen LogP contribution in [0.2, 0.25) is 5.02 Å². The molecule has 1 aromatic rings. The van der Waals surface area contributed by atoms with E-state index in [1.165, 1.54) is 5.56 Å². The Morgan fingerprint density at radius 2 is 2.06 bits per heavy atom. The summed E-state index contributed by atoms with van der Waals surface area (Å²) >= 11 is 5.87. The van der Waals surface area contributed by atoms with Crippen molar-refractivity contribution in [1.29, 1.82) is 0 Å².